The van der Waals surface area contributed by atoms with Gasteiger partial charge < -0.3 is 41.2 Å². The SMILES string of the molecule is CC(C)[C@@H](NC(=O)CCOCCOCCC(=O)Oc1c(F)c(F)c(F)c(F)c1F)C(=O)N[C@H](CCCNC(N)=O)C(=O)Nc1ccc(C2CCC2)cc1. The molecule has 18 heteroatoms. The fourth-order valence-electron chi connectivity index (χ4n) is 5.12. The molecule has 2 atom stereocenters. The first kappa shape index (κ1) is 42.6. The topological polar surface area (TPSA) is 187 Å². The van der Waals surface area contributed by atoms with Gasteiger partial charge in [-0.15, -0.1) is 0 Å². The third kappa shape index (κ3) is 13.3. The average molecular weight is 758 g/mol. The van der Waals surface area contributed by atoms with Crippen LogP contribution < -0.4 is 31.7 Å². The lowest BCUT2D eigenvalue weighted by atomic mass is 9.80. The maximum Gasteiger partial charge on any atom is 0.313 e. The molecule has 2 aromatic carbocycles. The Kier molecular flexibility index (Phi) is 16.9. The van der Waals surface area contributed by atoms with Gasteiger partial charge in [-0.05, 0) is 55.2 Å². The van der Waals surface area contributed by atoms with Crippen LogP contribution in [0, 0.1) is 35.0 Å². The second-order valence-corrected chi connectivity index (χ2v) is 12.6. The predicted octanol–water partition coefficient (Wildman–Crippen LogP) is 4.08. The van der Waals surface area contributed by atoms with Gasteiger partial charge in [0.15, 0.2) is 0 Å². The number of rotatable bonds is 21. The molecule has 13 nitrogen and oxygen atoms in total. The molecule has 5 amide bonds. The molecule has 1 aliphatic rings. The van der Waals surface area contributed by atoms with Gasteiger partial charge in [0.25, 0.3) is 0 Å². The van der Waals surface area contributed by atoms with Crippen LogP contribution in [-0.4, -0.2) is 74.8 Å². The lowest BCUT2D eigenvalue weighted by molar-refractivity contribution is -0.136. The van der Waals surface area contributed by atoms with E-state index >= 15 is 0 Å². The van der Waals surface area contributed by atoms with Crippen LogP contribution >= 0.6 is 0 Å². The molecular weight excluding hydrogens is 713 g/mol. The summed E-state index contributed by atoms with van der Waals surface area (Å²) in [6, 6.07) is 4.82. The van der Waals surface area contributed by atoms with Gasteiger partial charge in [0, 0.05) is 18.7 Å². The Morgan fingerprint density at radius 3 is 1.92 bits per heavy atom. The molecule has 3 rings (SSSR count). The lowest BCUT2D eigenvalue weighted by Crippen LogP contribution is -2.54. The van der Waals surface area contributed by atoms with Gasteiger partial charge in [0.1, 0.15) is 12.1 Å². The quantitative estimate of drug-likeness (QED) is 0.0315. The van der Waals surface area contributed by atoms with E-state index in [9.17, 15) is 45.9 Å². The number of primary amides is 1. The van der Waals surface area contributed by atoms with Crippen LogP contribution in [-0.2, 0) is 28.7 Å². The van der Waals surface area contributed by atoms with Crippen LogP contribution in [0.5, 0.6) is 5.75 Å². The van der Waals surface area contributed by atoms with Crippen LogP contribution in [0.4, 0.5) is 32.4 Å². The van der Waals surface area contributed by atoms with Gasteiger partial charge in [-0.2, -0.15) is 8.78 Å². The van der Waals surface area contributed by atoms with Crippen LogP contribution in [0.15, 0.2) is 24.3 Å². The van der Waals surface area contributed by atoms with Crippen molar-refractivity contribution in [1.29, 1.82) is 0 Å². The molecule has 6 N–H and O–H groups in total. The van der Waals surface area contributed by atoms with Gasteiger partial charge in [-0.25, -0.2) is 18.0 Å². The summed E-state index contributed by atoms with van der Waals surface area (Å²) >= 11 is 0. The molecule has 1 aliphatic carbocycles. The molecule has 0 unspecified atom stereocenters. The first-order chi connectivity index (χ1) is 25.2. The maximum absolute atomic E-state index is 13.7. The van der Waals surface area contributed by atoms with Gasteiger partial charge in [-0.3, -0.25) is 19.2 Å². The molecule has 292 valence electrons. The number of hydrogen-bond donors (Lipinski definition) is 5. The molecule has 0 bridgehead atoms. The lowest BCUT2D eigenvalue weighted by Gasteiger charge is -2.26. The standard InChI is InChI=1S/C35H44F5N5O8/c1-19(2)31(34(49)44-23(7-4-14-42-35(41)50)33(48)43-22-10-8-21(9-11-22)20-5-3-6-20)45-24(46)12-15-51-17-18-52-16-13-25(47)53-32-29(39)27(37)26(36)28(38)30(32)40/h8-11,19-20,23,31H,3-7,12-18H2,1-2H3,(H,43,48)(H,44,49)(H,45,46)(H3,41,42,50)/t23-,31-/m1/s1. The Morgan fingerprint density at radius 2 is 1.38 bits per heavy atom. The summed E-state index contributed by atoms with van der Waals surface area (Å²) in [5, 5.41) is 10.6. The monoisotopic (exact) mass is 757 g/mol. The number of esters is 1. The van der Waals surface area contributed by atoms with Crippen molar-refractivity contribution < 1.29 is 60.1 Å². The molecule has 0 spiro atoms. The predicted molar refractivity (Wildman–Crippen MR) is 180 cm³/mol. The smallest absolute Gasteiger partial charge is 0.313 e. The average Bonchev–Trinajstić information content (AvgIpc) is 3.09. The number of anilines is 1. The van der Waals surface area contributed by atoms with E-state index in [1.54, 1.807) is 26.0 Å². The first-order valence-corrected chi connectivity index (χ1v) is 17.1. The minimum atomic E-state index is -2.39. The number of nitrogens with two attached hydrogens (primary N) is 1. The van der Waals surface area contributed by atoms with Gasteiger partial charge in [-0.1, -0.05) is 32.4 Å². The number of benzene rings is 2. The molecule has 0 saturated heterocycles. The number of urea groups is 1. The Hall–Kier alpha value is -4.84. The maximum atomic E-state index is 13.7. The Labute approximate surface area is 302 Å². The summed E-state index contributed by atoms with van der Waals surface area (Å²) in [5.41, 5.74) is 6.88. The highest BCUT2D eigenvalue weighted by Crippen LogP contribution is 2.36. The van der Waals surface area contributed by atoms with Crippen LogP contribution in [0.3, 0.4) is 0 Å². The van der Waals surface area contributed by atoms with Gasteiger partial charge in [0.05, 0.1) is 32.8 Å². The summed E-state index contributed by atoms with van der Waals surface area (Å²) in [6.07, 6.45) is 3.22. The minimum absolute atomic E-state index is 0.0429. The minimum Gasteiger partial charge on any atom is -0.420 e. The van der Waals surface area contributed by atoms with E-state index in [4.69, 9.17) is 15.2 Å². The van der Waals surface area contributed by atoms with Crippen molar-refractivity contribution in [2.45, 2.75) is 76.8 Å². The van der Waals surface area contributed by atoms with Crippen molar-refractivity contribution in [3.8, 4) is 5.75 Å². The molecule has 53 heavy (non-hydrogen) atoms. The highest BCUT2D eigenvalue weighted by atomic mass is 19.2. The number of nitrogens with one attached hydrogen (secondary N) is 4. The van der Waals surface area contributed by atoms with Crippen molar-refractivity contribution in [2.24, 2.45) is 11.7 Å². The zero-order chi connectivity index (χ0) is 39.1. The normalized spacial score (nSPS) is 13.8. The molecule has 1 fully saturated rings. The van der Waals surface area contributed by atoms with Crippen molar-refractivity contribution in [2.75, 3.05) is 38.3 Å². The molecule has 0 heterocycles. The van der Waals surface area contributed by atoms with Crippen LogP contribution in [0.25, 0.3) is 0 Å². The van der Waals surface area contributed by atoms with Gasteiger partial charge in [0.2, 0.25) is 52.6 Å². The van der Waals surface area contributed by atoms with E-state index in [1.165, 1.54) is 12.0 Å². The highest BCUT2D eigenvalue weighted by molar-refractivity contribution is 5.98. The second kappa shape index (κ2) is 21.0. The summed E-state index contributed by atoms with van der Waals surface area (Å²) in [7, 11) is 0. The largest absolute Gasteiger partial charge is 0.420 e. The molecule has 1 saturated carbocycles. The Bertz CT molecular complexity index is 1560. The number of amides is 5. The second-order valence-electron chi connectivity index (χ2n) is 12.6. The van der Waals surface area contributed by atoms with Crippen molar-refractivity contribution in [3.05, 3.63) is 58.9 Å². The van der Waals surface area contributed by atoms with Gasteiger partial charge >= 0.3 is 12.0 Å². The fourth-order valence-corrected chi connectivity index (χ4v) is 5.12. The molecule has 2 aromatic rings. The number of halogens is 5. The van der Waals surface area contributed by atoms with Crippen molar-refractivity contribution in [3.63, 3.8) is 0 Å². The fraction of sp³-hybridized carbons (Fsp3) is 0.514. The van der Waals surface area contributed by atoms with E-state index in [2.05, 4.69) is 26.0 Å². The zero-order valence-corrected chi connectivity index (χ0v) is 29.3. The molecule has 0 radical (unpaired) electrons. The number of carbonyl (C=O) groups excluding carboxylic acids is 5. The Morgan fingerprint density at radius 1 is 0.792 bits per heavy atom. The van der Waals surface area contributed by atoms with Crippen molar-refractivity contribution in [1.82, 2.24) is 16.0 Å². The molecule has 0 aromatic heterocycles. The number of carbonyl (C=O) groups is 5. The molecule has 0 aliphatic heterocycles. The van der Waals surface area contributed by atoms with E-state index in [1.807, 2.05) is 12.1 Å². The summed E-state index contributed by atoms with van der Waals surface area (Å²) in [6.45, 7) is 3.06. The van der Waals surface area contributed by atoms with Crippen LogP contribution in [0.2, 0.25) is 0 Å². The summed E-state index contributed by atoms with van der Waals surface area (Å²) in [5.74, 6) is -15.9. The Balaban J connectivity index is 1.41. The number of ether oxygens (including phenoxy) is 3. The first-order valence-electron chi connectivity index (χ1n) is 17.1. The van der Waals surface area contributed by atoms with Crippen LogP contribution in [0.1, 0.15) is 70.3 Å². The van der Waals surface area contributed by atoms with E-state index in [0.29, 0.717) is 18.0 Å². The van der Waals surface area contributed by atoms with E-state index in [0.717, 1.165) is 12.8 Å². The van der Waals surface area contributed by atoms with E-state index < -0.39 is 83.1 Å². The third-order valence-electron chi connectivity index (χ3n) is 8.30. The van der Waals surface area contributed by atoms with Crippen molar-refractivity contribution >= 4 is 35.4 Å². The highest BCUT2D eigenvalue weighted by Gasteiger charge is 2.30. The summed E-state index contributed by atoms with van der Waals surface area (Å²) < 4.78 is 81.7. The third-order valence-corrected chi connectivity index (χ3v) is 8.30. The zero-order valence-electron chi connectivity index (χ0n) is 29.3. The van der Waals surface area contributed by atoms with E-state index in [-0.39, 0.29) is 51.7 Å². The summed E-state index contributed by atoms with van der Waals surface area (Å²) in [4.78, 5) is 62.1. The molecular formula is C35H44F5N5O8. The number of hydrogen-bond acceptors (Lipinski definition) is 8.